The Morgan fingerprint density at radius 3 is 2.85 bits per heavy atom. The lowest BCUT2D eigenvalue weighted by Gasteiger charge is -2.06. The van der Waals surface area contributed by atoms with Crippen LogP contribution in [0.5, 0.6) is 0 Å². The molecular formula is C12H12F2N4OS. The molecule has 2 aromatic rings. The van der Waals surface area contributed by atoms with Gasteiger partial charge in [0, 0.05) is 4.90 Å². The van der Waals surface area contributed by atoms with Crippen LogP contribution in [-0.2, 0) is 0 Å². The van der Waals surface area contributed by atoms with Crippen molar-refractivity contribution in [3.8, 4) is 0 Å². The van der Waals surface area contributed by atoms with E-state index < -0.39 is 18.2 Å². The van der Waals surface area contributed by atoms with Crippen LogP contribution in [0.3, 0.4) is 0 Å². The molecule has 0 aliphatic carbocycles. The maximum absolute atomic E-state index is 12.4. The van der Waals surface area contributed by atoms with Crippen molar-refractivity contribution in [2.75, 3.05) is 11.1 Å². The molecule has 1 amide bonds. The zero-order valence-electron chi connectivity index (χ0n) is 10.6. The number of H-pyrrole nitrogens is 1. The SMILES string of the molecule is CCSc1ccccc1C(=O)Nc1n[nH]c(C(F)F)n1. The third-order valence-corrected chi connectivity index (χ3v) is 3.32. The predicted octanol–water partition coefficient (Wildman–Crippen LogP) is 3.11. The second kappa shape index (κ2) is 6.47. The van der Waals surface area contributed by atoms with Crippen LogP contribution in [0, 0.1) is 0 Å². The number of carbonyl (C=O) groups is 1. The molecule has 0 unspecified atom stereocenters. The van der Waals surface area contributed by atoms with Gasteiger partial charge in [-0.3, -0.25) is 15.2 Å². The molecule has 0 saturated heterocycles. The second-order valence-electron chi connectivity index (χ2n) is 3.73. The number of halogens is 2. The lowest BCUT2D eigenvalue weighted by Crippen LogP contribution is -2.14. The Labute approximate surface area is 118 Å². The Morgan fingerprint density at radius 1 is 1.45 bits per heavy atom. The van der Waals surface area contributed by atoms with Gasteiger partial charge in [0.25, 0.3) is 12.3 Å². The first-order valence-corrected chi connectivity index (χ1v) is 6.84. The molecule has 2 N–H and O–H groups in total. The first kappa shape index (κ1) is 14.4. The minimum Gasteiger partial charge on any atom is -0.289 e. The third-order valence-electron chi connectivity index (χ3n) is 2.37. The highest BCUT2D eigenvalue weighted by molar-refractivity contribution is 7.99. The van der Waals surface area contributed by atoms with Gasteiger partial charge >= 0.3 is 0 Å². The summed E-state index contributed by atoms with van der Waals surface area (Å²) >= 11 is 1.52. The number of aromatic amines is 1. The van der Waals surface area contributed by atoms with E-state index in [1.165, 1.54) is 11.8 Å². The summed E-state index contributed by atoms with van der Waals surface area (Å²) in [4.78, 5) is 16.4. The van der Waals surface area contributed by atoms with E-state index in [2.05, 4.69) is 20.5 Å². The van der Waals surface area contributed by atoms with Crippen molar-refractivity contribution in [3.05, 3.63) is 35.7 Å². The summed E-state index contributed by atoms with van der Waals surface area (Å²) in [7, 11) is 0. The van der Waals surface area contributed by atoms with Crippen molar-refractivity contribution >= 4 is 23.6 Å². The molecule has 20 heavy (non-hydrogen) atoms. The van der Waals surface area contributed by atoms with E-state index in [4.69, 9.17) is 0 Å². The number of hydrogen-bond donors (Lipinski definition) is 2. The lowest BCUT2D eigenvalue weighted by atomic mass is 10.2. The number of benzene rings is 1. The normalized spacial score (nSPS) is 10.8. The number of alkyl halides is 2. The van der Waals surface area contributed by atoms with Crippen LogP contribution in [0.25, 0.3) is 0 Å². The van der Waals surface area contributed by atoms with Crippen molar-refractivity contribution in [1.29, 1.82) is 0 Å². The van der Waals surface area contributed by atoms with Gasteiger partial charge in [-0.25, -0.2) is 8.78 Å². The molecule has 106 valence electrons. The summed E-state index contributed by atoms with van der Waals surface area (Å²) in [6, 6.07) is 7.05. The molecule has 1 aromatic carbocycles. The zero-order valence-corrected chi connectivity index (χ0v) is 11.4. The van der Waals surface area contributed by atoms with Crippen LogP contribution in [0.15, 0.2) is 29.2 Å². The molecule has 5 nitrogen and oxygen atoms in total. The average molecular weight is 298 g/mol. The van der Waals surface area contributed by atoms with E-state index in [-0.39, 0.29) is 5.95 Å². The summed E-state index contributed by atoms with van der Waals surface area (Å²) in [5.41, 5.74) is 0.461. The number of nitrogens with zero attached hydrogens (tertiary/aromatic N) is 2. The lowest BCUT2D eigenvalue weighted by molar-refractivity contribution is 0.102. The molecule has 8 heteroatoms. The van der Waals surface area contributed by atoms with Crippen molar-refractivity contribution < 1.29 is 13.6 Å². The number of anilines is 1. The Hall–Kier alpha value is -1.96. The maximum Gasteiger partial charge on any atom is 0.296 e. The minimum atomic E-state index is -2.75. The first-order chi connectivity index (χ1) is 9.61. The molecule has 1 heterocycles. The van der Waals surface area contributed by atoms with Gasteiger partial charge in [0.2, 0.25) is 5.95 Å². The number of rotatable bonds is 5. The molecule has 0 bridgehead atoms. The largest absolute Gasteiger partial charge is 0.296 e. The van der Waals surface area contributed by atoms with Crippen LogP contribution >= 0.6 is 11.8 Å². The highest BCUT2D eigenvalue weighted by atomic mass is 32.2. The van der Waals surface area contributed by atoms with Crippen molar-refractivity contribution in [2.24, 2.45) is 0 Å². The van der Waals surface area contributed by atoms with E-state index in [0.29, 0.717) is 5.56 Å². The quantitative estimate of drug-likeness (QED) is 0.832. The van der Waals surface area contributed by atoms with E-state index in [9.17, 15) is 13.6 Å². The fourth-order valence-electron chi connectivity index (χ4n) is 1.53. The molecule has 0 aliphatic heterocycles. The topological polar surface area (TPSA) is 70.7 Å². The number of amides is 1. The smallest absolute Gasteiger partial charge is 0.289 e. The number of carbonyl (C=O) groups excluding carboxylic acids is 1. The van der Waals surface area contributed by atoms with Crippen LogP contribution in [0.1, 0.15) is 29.5 Å². The maximum atomic E-state index is 12.4. The van der Waals surface area contributed by atoms with E-state index in [0.717, 1.165) is 10.6 Å². The molecule has 0 fully saturated rings. The Bertz CT molecular complexity index is 603. The van der Waals surface area contributed by atoms with Gasteiger partial charge in [0.05, 0.1) is 5.56 Å². The van der Waals surface area contributed by atoms with Gasteiger partial charge in [-0.1, -0.05) is 19.1 Å². The Morgan fingerprint density at radius 2 is 2.20 bits per heavy atom. The number of thioether (sulfide) groups is 1. The second-order valence-corrected chi connectivity index (χ2v) is 5.03. The van der Waals surface area contributed by atoms with Crippen LogP contribution < -0.4 is 5.32 Å². The summed E-state index contributed by atoms with van der Waals surface area (Å²) < 4.78 is 24.7. The van der Waals surface area contributed by atoms with Gasteiger partial charge in [-0.2, -0.15) is 4.98 Å². The first-order valence-electron chi connectivity index (χ1n) is 5.85. The molecule has 1 aromatic heterocycles. The summed E-state index contributed by atoms with van der Waals surface area (Å²) in [6.07, 6.45) is -2.75. The van der Waals surface area contributed by atoms with Gasteiger partial charge in [0.1, 0.15) is 0 Å². The predicted molar refractivity (Wildman–Crippen MR) is 72.1 cm³/mol. The van der Waals surface area contributed by atoms with Crippen molar-refractivity contribution in [2.45, 2.75) is 18.2 Å². The van der Waals surface area contributed by atoms with Crippen LogP contribution in [0.2, 0.25) is 0 Å². The summed E-state index contributed by atoms with van der Waals surface area (Å²) in [6.45, 7) is 1.98. The van der Waals surface area contributed by atoms with E-state index in [1.807, 2.05) is 19.1 Å². The van der Waals surface area contributed by atoms with E-state index in [1.54, 1.807) is 12.1 Å². The number of hydrogen-bond acceptors (Lipinski definition) is 4. The van der Waals surface area contributed by atoms with E-state index >= 15 is 0 Å². The van der Waals surface area contributed by atoms with Gasteiger partial charge in [0.15, 0.2) is 5.82 Å². The highest BCUT2D eigenvalue weighted by Crippen LogP contribution is 2.23. The zero-order chi connectivity index (χ0) is 14.5. The Kier molecular flexibility index (Phi) is 4.67. The Balaban J connectivity index is 2.15. The molecule has 0 spiro atoms. The van der Waals surface area contributed by atoms with Crippen LogP contribution in [-0.4, -0.2) is 26.8 Å². The molecule has 0 aliphatic rings. The minimum absolute atomic E-state index is 0.165. The molecule has 0 radical (unpaired) electrons. The standard InChI is InChI=1S/C12H12F2N4OS/c1-2-20-8-6-4-3-5-7(8)11(19)16-12-15-10(9(13)14)17-18-12/h3-6,9H,2H2,1H3,(H2,15,16,17,18,19). The molecule has 0 atom stereocenters. The van der Waals surface area contributed by atoms with Gasteiger partial charge in [-0.05, 0) is 17.9 Å². The molecular weight excluding hydrogens is 286 g/mol. The van der Waals surface area contributed by atoms with Gasteiger partial charge < -0.3 is 0 Å². The van der Waals surface area contributed by atoms with Crippen LogP contribution in [0.4, 0.5) is 14.7 Å². The third kappa shape index (κ3) is 3.32. The fourth-order valence-corrected chi connectivity index (χ4v) is 2.33. The molecule has 2 rings (SSSR count). The summed E-state index contributed by atoms with van der Waals surface area (Å²) in [5.74, 6) is -0.347. The highest BCUT2D eigenvalue weighted by Gasteiger charge is 2.16. The summed E-state index contributed by atoms with van der Waals surface area (Å²) in [5, 5.41) is 7.99. The monoisotopic (exact) mass is 298 g/mol. The van der Waals surface area contributed by atoms with Crippen molar-refractivity contribution in [3.63, 3.8) is 0 Å². The number of nitrogens with one attached hydrogen (secondary N) is 2. The van der Waals surface area contributed by atoms with Gasteiger partial charge in [-0.15, -0.1) is 16.9 Å². The number of aromatic nitrogens is 3. The van der Waals surface area contributed by atoms with Crippen molar-refractivity contribution in [1.82, 2.24) is 15.2 Å². The molecule has 0 saturated carbocycles. The average Bonchev–Trinajstić information content (AvgIpc) is 2.88. The fraction of sp³-hybridized carbons (Fsp3) is 0.250.